The maximum absolute atomic E-state index is 13.1. The number of aromatic nitrogens is 4. The number of pyridine rings is 1. The number of nitrogens with two attached hydrogens (primary N) is 1. The zero-order valence-corrected chi connectivity index (χ0v) is 16.1. The van der Waals surface area contributed by atoms with Gasteiger partial charge in [0.05, 0.1) is 24.1 Å². The van der Waals surface area contributed by atoms with Gasteiger partial charge in [-0.2, -0.15) is 13.2 Å². The van der Waals surface area contributed by atoms with E-state index in [9.17, 15) is 13.2 Å². The van der Waals surface area contributed by atoms with Gasteiger partial charge in [0.25, 0.3) is 0 Å². The molecule has 0 bridgehead atoms. The van der Waals surface area contributed by atoms with E-state index in [0.717, 1.165) is 35.6 Å². The summed E-state index contributed by atoms with van der Waals surface area (Å²) in [7, 11) is 0. The predicted molar refractivity (Wildman–Crippen MR) is 110 cm³/mol. The Morgan fingerprint density at radius 3 is 2.87 bits per heavy atom. The van der Waals surface area contributed by atoms with Crippen LogP contribution in [0.15, 0.2) is 42.9 Å². The summed E-state index contributed by atoms with van der Waals surface area (Å²) < 4.78 is 44.9. The Morgan fingerprint density at radius 1 is 1.16 bits per heavy atom. The normalized spacial score (nSPS) is 13.3. The molecule has 1 aliphatic heterocycles. The van der Waals surface area contributed by atoms with Crippen LogP contribution in [-0.4, -0.2) is 26.5 Å². The predicted octanol–water partition coefficient (Wildman–Crippen LogP) is 4.17. The van der Waals surface area contributed by atoms with Crippen LogP contribution in [0, 0.1) is 0 Å². The van der Waals surface area contributed by atoms with Crippen molar-refractivity contribution in [1.29, 1.82) is 0 Å². The molecular formula is C21H17F3N6O. The summed E-state index contributed by atoms with van der Waals surface area (Å²) in [6.07, 6.45) is 0.142. The van der Waals surface area contributed by atoms with Crippen molar-refractivity contribution in [2.24, 2.45) is 0 Å². The second kappa shape index (κ2) is 7.15. The topological polar surface area (TPSA) is 102 Å². The Hall–Kier alpha value is -3.82. The minimum Gasteiger partial charge on any atom is -0.493 e. The number of nitrogens with one attached hydrogen (secondary N) is 2. The Bertz CT molecular complexity index is 1280. The van der Waals surface area contributed by atoms with Gasteiger partial charge in [0.2, 0.25) is 5.95 Å². The van der Waals surface area contributed by atoms with Crippen molar-refractivity contribution in [3.8, 4) is 17.0 Å². The lowest BCUT2D eigenvalue weighted by atomic mass is 10.1. The number of nitrogens with zero attached hydrogens (tertiary/aromatic N) is 3. The number of hydrogen-bond acceptors (Lipinski definition) is 6. The summed E-state index contributed by atoms with van der Waals surface area (Å²) in [5, 5.41) is 3.42. The van der Waals surface area contributed by atoms with Crippen LogP contribution in [0.3, 0.4) is 0 Å². The number of alkyl halides is 3. The lowest BCUT2D eigenvalue weighted by Crippen LogP contribution is -2.06. The molecule has 4 N–H and O–H groups in total. The van der Waals surface area contributed by atoms with Crippen molar-refractivity contribution >= 4 is 22.7 Å². The highest BCUT2D eigenvalue weighted by Crippen LogP contribution is 2.35. The zero-order valence-electron chi connectivity index (χ0n) is 16.1. The van der Waals surface area contributed by atoms with E-state index in [1.165, 1.54) is 6.20 Å². The number of hydrogen-bond donors (Lipinski definition) is 3. The number of benzene rings is 1. The number of anilines is 2. The van der Waals surface area contributed by atoms with E-state index in [-0.39, 0.29) is 11.1 Å². The molecule has 0 amide bonds. The fraction of sp³-hybridized carbons (Fsp3) is 0.190. The van der Waals surface area contributed by atoms with Gasteiger partial charge in [-0.3, -0.25) is 0 Å². The van der Waals surface area contributed by atoms with E-state index in [1.807, 2.05) is 12.1 Å². The number of rotatable bonds is 4. The molecule has 31 heavy (non-hydrogen) atoms. The molecule has 0 atom stereocenters. The van der Waals surface area contributed by atoms with Gasteiger partial charge in [0, 0.05) is 36.3 Å². The molecule has 0 spiro atoms. The summed E-state index contributed by atoms with van der Waals surface area (Å²) in [5.41, 5.74) is 8.71. The van der Waals surface area contributed by atoms with Gasteiger partial charge < -0.3 is 20.8 Å². The third kappa shape index (κ3) is 3.60. The highest BCUT2D eigenvalue weighted by atomic mass is 19.4. The van der Waals surface area contributed by atoms with Crippen molar-refractivity contribution in [3.05, 3.63) is 59.5 Å². The van der Waals surface area contributed by atoms with Crippen LogP contribution < -0.4 is 15.8 Å². The Morgan fingerprint density at radius 2 is 2.03 bits per heavy atom. The fourth-order valence-electron chi connectivity index (χ4n) is 3.58. The SMILES string of the molecule is Nc1cnc(NCc2ccc3c(c2)CCO3)nc1-c1c[nH]c2ncc(C(F)(F)F)cc12. The zero-order chi connectivity index (χ0) is 21.6. The quantitative estimate of drug-likeness (QED) is 0.453. The van der Waals surface area contributed by atoms with Gasteiger partial charge in [0.15, 0.2) is 0 Å². The largest absolute Gasteiger partial charge is 0.493 e. The third-order valence-corrected chi connectivity index (χ3v) is 5.14. The van der Waals surface area contributed by atoms with E-state index in [4.69, 9.17) is 10.5 Å². The minimum atomic E-state index is -4.50. The monoisotopic (exact) mass is 426 g/mol. The second-order valence-electron chi connectivity index (χ2n) is 7.21. The fourth-order valence-corrected chi connectivity index (χ4v) is 3.58. The minimum absolute atomic E-state index is 0.249. The molecule has 0 aliphatic carbocycles. The van der Waals surface area contributed by atoms with E-state index in [1.54, 1.807) is 6.20 Å². The molecule has 1 aliphatic rings. The standard InChI is InChI=1S/C21H17F3N6O/c22-21(23,24)13-6-14-15(9-27-19(14)26-8-13)18-16(25)10-29-20(30-18)28-7-11-1-2-17-12(5-11)3-4-31-17/h1-2,5-6,8-10H,3-4,7,25H2,(H,26,27)(H,28,29,30). The van der Waals surface area contributed by atoms with Crippen LogP contribution in [0.25, 0.3) is 22.3 Å². The number of halogens is 3. The van der Waals surface area contributed by atoms with Gasteiger partial charge in [-0.1, -0.05) is 12.1 Å². The average Bonchev–Trinajstić information content (AvgIpc) is 3.38. The summed E-state index contributed by atoms with van der Waals surface area (Å²) in [6.45, 7) is 1.16. The van der Waals surface area contributed by atoms with Crippen molar-refractivity contribution in [1.82, 2.24) is 19.9 Å². The Balaban J connectivity index is 1.45. The van der Waals surface area contributed by atoms with Gasteiger partial charge in [-0.25, -0.2) is 15.0 Å². The van der Waals surface area contributed by atoms with Crippen LogP contribution in [-0.2, 0) is 19.1 Å². The summed E-state index contributed by atoms with van der Waals surface area (Å²) in [5.74, 6) is 1.22. The van der Waals surface area contributed by atoms with Crippen molar-refractivity contribution in [2.45, 2.75) is 19.1 Å². The molecule has 0 fully saturated rings. The molecular weight excluding hydrogens is 409 g/mol. The van der Waals surface area contributed by atoms with E-state index in [2.05, 4.69) is 31.3 Å². The van der Waals surface area contributed by atoms with Gasteiger partial charge in [0.1, 0.15) is 17.1 Å². The molecule has 4 aromatic rings. The summed E-state index contributed by atoms with van der Waals surface area (Å²) in [4.78, 5) is 15.4. The number of H-pyrrole nitrogens is 1. The molecule has 0 saturated heterocycles. The van der Waals surface area contributed by atoms with Gasteiger partial charge in [-0.05, 0) is 23.3 Å². The van der Waals surface area contributed by atoms with Gasteiger partial charge >= 0.3 is 6.18 Å². The third-order valence-electron chi connectivity index (χ3n) is 5.14. The number of aromatic amines is 1. The van der Waals surface area contributed by atoms with Gasteiger partial charge in [-0.15, -0.1) is 0 Å². The van der Waals surface area contributed by atoms with Crippen molar-refractivity contribution in [3.63, 3.8) is 0 Å². The van der Waals surface area contributed by atoms with Crippen LogP contribution in [0.1, 0.15) is 16.7 Å². The van der Waals surface area contributed by atoms with Crippen LogP contribution in [0.4, 0.5) is 24.8 Å². The maximum Gasteiger partial charge on any atom is 0.417 e. The van der Waals surface area contributed by atoms with E-state index >= 15 is 0 Å². The molecule has 1 aromatic carbocycles. The molecule has 158 valence electrons. The van der Waals surface area contributed by atoms with Crippen LogP contribution >= 0.6 is 0 Å². The van der Waals surface area contributed by atoms with E-state index < -0.39 is 11.7 Å². The first kappa shape index (κ1) is 19.2. The average molecular weight is 426 g/mol. The molecule has 10 heteroatoms. The van der Waals surface area contributed by atoms with E-state index in [0.29, 0.717) is 36.0 Å². The molecule has 5 rings (SSSR count). The van der Waals surface area contributed by atoms with Crippen LogP contribution in [0.2, 0.25) is 0 Å². The highest BCUT2D eigenvalue weighted by Gasteiger charge is 2.31. The smallest absolute Gasteiger partial charge is 0.417 e. The summed E-state index contributed by atoms with van der Waals surface area (Å²) >= 11 is 0. The number of nitrogen functional groups attached to an aromatic ring is 1. The first-order chi connectivity index (χ1) is 14.9. The molecule has 4 heterocycles. The molecule has 0 saturated carbocycles. The highest BCUT2D eigenvalue weighted by molar-refractivity contribution is 5.95. The molecule has 7 nitrogen and oxygen atoms in total. The maximum atomic E-state index is 13.1. The number of fused-ring (bicyclic) bond motifs is 2. The van der Waals surface area contributed by atoms with Crippen molar-refractivity contribution < 1.29 is 17.9 Å². The Labute approximate surface area is 174 Å². The lowest BCUT2D eigenvalue weighted by molar-refractivity contribution is -0.137. The first-order valence-corrected chi connectivity index (χ1v) is 9.54. The first-order valence-electron chi connectivity index (χ1n) is 9.54. The van der Waals surface area contributed by atoms with Crippen LogP contribution in [0.5, 0.6) is 5.75 Å². The molecule has 0 unspecified atom stereocenters. The second-order valence-corrected chi connectivity index (χ2v) is 7.21. The molecule has 0 radical (unpaired) electrons. The Kier molecular flexibility index (Phi) is 4.42. The number of ether oxygens (including phenoxy) is 1. The van der Waals surface area contributed by atoms with Crippen molar-refractivity contribution in [2.75, 3.05) is 17.7 Å². The summed E-state index contributed by atoms with van der Waals surface area (Å²) in [6, 6.07) is 7.00. The molecule has 3 aromatic heterocycles. The lowest BCUT2D eigenvalue weighted by Gasteiger charge is -2.10.